The average Bonchev–Trinajstić information content (AvgIpc) is 1.36. The van der Waals surface area contributed by atoms with Gasteiger partial charge >= 0.3 is 0 Å². The number of hydrogen-bond donors (Lipinski definition) is 1. The first kappa shape index (κ1) is 6.87. The van der Waals surface area contributed by atoms with Crippen molar-refractivity contribution in [3.8, 4) is 0 Å². The van der Waals surface area contributed by atoms with E-state index in [1.165, 1.54) is 0 Å². The standard InChI is InChI=1S/C3H7PS2/c1-4(2)3(5)6/h1-2H3,(H,5,6). The number of thiocarbonyl (C=S) groups is 1. The van der Waals surface area contributed by atoms with Gasteiger partial charge in [-0.25, -0.2) is 0 Å². The van der Waals surface area contributed by atoms with E-state index in [-0.39, 0.29) is 7.92 Å². The fourth-order valence-electron chi connectivity index (χ4n) is 0. The van der Waals surface area contributed by atoms with Crippen LogP contribution in [-0.4, -0.2) is 17.3 Å². The Bertz CT molecular complexity index is 59.8. The van der Waals surface area contributed by atoms with Crippen LogP contribution in [0.4, 0.5) is 0 Å². The van der Waals surface area contributed by atoms with Crippen molar-refractivity contribution in [2.45, 2.75) is 0 Å². The van der Waals surface area contributed by atoms with Crippen LogP contribution in [0.2, 0.25) is 0 Å². The van der Waals surface area contributed by atoms with E-state index in [1.807, 2.05) is 0 Å². The maximum atomic E-state index is 4.71. The molecule has 0 aliphatic heterocycles. The highest BCUT2D eigenvalue weighted by Crippen LogP contribution is 2.28. The van der Waals surface area contributed by atoms with Crippen LogP contribution in [0, 0.1) is 0 Å². The van der Waals surface area contributed by atoms with Gasteiger partial charge in [-0.15, -0.1) is 12.6 Å². The maximum Gasteiger partial charge on any atom is 0.0672 e. The maximum absolute atomic E-state index is 4.71. The smallest absolute Gasteiger partial charge is 0.0672 e. The predicted octanol–water partition coefficient (Wildman–Crippen LogP) is 1.94. The van der Waals surface area contributed by atoms with Gasteiger partial charge in [0.15, 0.2) is 0 Å². The third-order valence-electron chi connectivity index (χ3n) is 0.383. The summed E-state index contributed by atoms with van der Waals surface area (Å²) in [6.07, 6.45) is 0. The van der Waals surface area contributed by atoms with E-state index in [0.717, 1.165) is 3.94 Å². The van der Waals surface area contributed by atoms with Crippen molar-refractivity contribution in [3.63, 3.8) is 0 Å². The molecule has 0 aromatic heterocycles. The van der Waals surface area contributed by atoms with Gasteiger partial charge in [-0.1, -0.05) is 20.1 Å². The van der Waals surface area contributed by atoms with Crippen LogP contribution in [-0.2, 0) is 0 Å². The molecule has 0 saturated carbocycles. The van der Waals surface area contributed by atoms with E-state index >= 15 is 0 Å². The van der Waals surface area contributed by atoms with Gasteiger partial charge in [0, 0.05) is 0 Å². The Balaban J connectivity index is 3.26. The molecule has 0 N–H and O–H groups in total. The van der Waals surface area contributed by atoms with Crippen LogP contribution >= 0.6 is 32.8 Å². The molecule has 0 unspecified atom stereocenters. The van der Waals surface area contributed by atoms with E-state index in [9.17, 15) is 0 Å². The fraction of sp³-hybridized carbons (Fsp3) is 0.667. The van der Waals surface area contributed by atoms with E-state index in [0.29, 0.717) is 0 Å². The van der Waals surface area contributed by atoms with E-state index in [1.54, 1.807) is 0 Å². The van der Waals surface area contributed by atoms with Gasteiger partial charge in [0.25, 0.3) is 0 Å². The summed E-state index contributed by atoms with van der Waals surface area (Å²) in [7, 11) is -0.0638. The molecule has 0 heterocycles. The molecule has 0 aliphatic rings. The lowest BCUT2D eigenvalue weighted by atomic mass is 11.8. The minimum atomic E-state index is -0.0638. The molecular formula is C3H7PS2. The first-order valence-electron chi connectivity index (χ1n) is 1.55. The zero-order valence-corrected chi connectivity index (χ0v) is 6.41. The highest BCUT2D eigenvalue weighted by atomic mass is 32.1. The number of thiol groups is 1. The molecule has 0 atom stereocenters. The molecule has 0 amide bonds. The van der Waals surface area contributed by atoms with Crippen LogP contribution in [0.1, 0.15) is 0 Å². The topological polar surface area (TPSA) is 0 Å². The minimum absolute atomic E-state index is 0.0638. The van der Waals surface area contributed by atoms with Gasteiger partial charge in [0.2, 0.25) is 0 Å². The van der Waals surface area contributed by atoms with Crippen LogP contribution in [0.15, 0.2) is 0 Å². The largest absolute Gasteiger partial charge is 0.132 e. The molecule has 0 aliphatic carbocycles. The summed E-state index contributed by atoms with van der Waals surface area (Å²) < 4.78 is 0.852. The van der Waals surface area contributed by atoms with E-state index < -0.39 is 0 Å². The Kier molecular flexibility index (Phi) is 3.38. The van der Waals surface area contributed by atoms with Crippen molar-refractivity contribution in [2.75, 3.05) is 13.3 Å². The molecule has 0 aromatic carbocycles. The van der Waals surface area contributed by atoms with Gasteiger partial charge in [0.05, 0.1) is 3.94 Å². The SMILES string of the molecule is CP(C)C(=S)S. The van der Waals surface area contributed by atoms with Crippen LogP contribution in [0.25, 0.3) is 0 Å². The van der Waals surface area contributed by atoms with Crippen molar-refractivity contribution in [3.05, 3.63) is 0 Å². The Morgan fingerprint density at radius 3 is 1.83 bits per heavy atom. The van der Waals surface area contributed by atoms with Crippen molar-refractivity contribution < 1.29 is 0 Å². The number of hydrogen-bond acceptors (Lipinski definition) is 1. The van der Waals surface area contributed by atoms with Gasteiger partial charge in [0.1, 0.15) is 0 Å². The monoisotopic (exact) mass is 138 g/mol. The number of rotatable bonds is 1. The van der Waals surface area contributed by atoms with Gasteiger partial charge in [-0.05, 0) is 13.3 Å². The molecule has 3 heteroatoms. The summed E-state index contributed by atoms with van der Waals surface area (Å²) in [5.41, 5.74) is 0. The lowest BCUT2D eigenvalue weighted by Gasteiger charge is -1.95. The Hall–Kier alpha value is 0.870. The first-order valence-corrected chi connectivity index (χ1v) is 4.64. The minimum Gasteiger partial charge on any atom is -0.132 e. The Labute approximate surface area is 50.5 Å². The molecule has 0 nitrogen and oxygen atoms in total. The summed E-state index contributed by atoms with van der Waals surface area (Å²) >= 11 is 8.67. The average molecular weight is 138 g/mol. The summed E-state index contributed by atoms with van der Waals surface area (Å²) in [5, 5.41) is 0. The van der Waals surface area contributed by atoms with Gasteiger partial charge in [-0.2, -0.15) is 0 Å². The molecule has 0 radical (unpaired) electrons. The van der Waals surface area contributed by atoms with Gasteiger partial charge in [-0.3, -0.25) is 0 Å². The zero-order valence-electron chi connectivity index (χ0n) is 3.80. The second-order valence-electron chi connectivity index (χ2n) is 1.18. The highest BCUT2D eigenvalue weighted by Gasteiger charge is 1.90. The van der Waals surface area contributed by atoms with E-state index in [2.05, 4.69) is 26.0 Å². The molecule has 0 aromatic rings. The summed E-state index contributed by atoms with van der Waals surface area (Å²) in [4.78, 5) is 0. The van der Waals surface area contributed by atoms with Crippen LogP contribution < -0.4 is 0 Å². The van der Waals surface area contributed by atoms with Gasteiger partial charge < -0.3 is 0 Å². The molecule has 0 rings (SSSR count). The molecule has 0 spiro atoms. The molecule has 6 heavy (non-hydrogen) atoms. The Morgan fingerprint density at radius 2 is 1.83 bits per heavy atom. The normalized spacial score (nSPS) is 9.33. The third kappa shape index (κ3) is 3.08. The van der Waals surface area contributed by atoms with Crippen molar-refractivity contribution in [1.82, 2.24) is 0 Å². The van der Waals surface area contributed by atoms with Crippen molar-refractivity contribution >= 4 is 36.7 Å². The summed E-state index contributed by atoms with van der Waals surface area (Å²) in [5.74, 6) is 0. The quantitative estimate of drug-likeness (QED) is 0.328. The highest BCUT2D eigenvalue weighted by molar-refractivity contribution is 8.26. The second-order valence-corrected chi connectivity index (χ2v) is 5.23. The van der Waals surface area contributed by atoms with Crippen molar-refractivity contribution in [1.29, 1.82) is 0 Å². The molecule has 0 bridgehead atoms. The zero-order chi connectivity index (χ0) is 5.15. The lowest BCUT2D eigenvalue weighted by molar-refractivity contribution is 2.28. The second kappa shape index (κ2) is 2.95. The summed E-state index contributed by atoms with van der Waals surface area (Å²) in [6.45, 7) is 4.18. The fourth-order valence-corrected chi connectivity index (χ4v) is 0. The van der Waals surface area contributed by atoms with Crippen LogP contribution in [0.3, 0.4) is 0 Å². The predicted molar refractivity (Wildman–Crippen MR) is 40.4 cm³/mol. The first-order chi connectivity index (χ1) is 2.64. The molecule has 0 fully saturated rings. The van der Waals surface area contributed by atoms with Crippen molar-refractivity contribution in [2.24, 2.45) is 0 Å². The van der Waals surface area contributed by atoms with Crippen LogP contribution in [0.5, 0.6) is 0 Å². The molecule has 36 valence electrons. The lowest BCUT2D eigenvalue weighted by Crippen LogP contribution is -1.71. The Morgan fingerprint density at radius 1 is 1.67 bits per heavy atom. The summed E-state index contributed by atoms with van der Waals surface area (Å²) in [6, 6.07) is 0. The molecule has 0 saturated heterocycles. The third-order valence-corrected chi connectivity index (χ3v) is 3.44. The van der Waals surface area contributed by atoms with E-state index in [4.69, 9.17) is 12.2 Å². The molecular weight excluding hydrogens is 131 g/mol.